The number of quaternary nitrogens is 1. The van der Waals surface area contributed by atoms with Gasteiger partial charge in [0, 0.05) is 4.47 Å². The second-order valence-corrected chi connectivity index (χ2v) is 8.24. The predicted octanol–water partition coefficient (Wildman–Crippen LogP) is 1.47. The number of hydrogen-bond donors (Lipinski definition) is 1. The molecule has 0 saturated heterocycles. The maximum Gasteiger partial charge on any atom is 0.370 e. The van der Waals surface area contributed by atoms with Gasteiger partial charge in [0.1, 0.15) is 5.54 Å². The molecule has 0 fully saturated rings. The molecule has 0 heterocycles. The van der Waals surface area contributed by atoms with Crippen molar-refractivity contribution < 1.29 is 27.0 Å². The van der Waals surface area contributed by atoms with Gasteiger partial charge in [0.25, 0.3) is 0 Å². The van der Waals surface area contributed by atoms with Crippen molar-refractivity contribution >= 4 is 51.9 Å². The first-order valence-corrected chi connectivity index (χ1v) is 9.55. The van der Waals surface area contributed by atoms with Gasteiger partial charge in [-0.1, -0.05) is 35.7 Å². The van der Waals surface area contributed by atoms with E-state index in [9.17, 15) is 9.59 Å². The minimum Gasteiger partial charge on any atom is -1.00 e. The minimum absolute atomic E-state index is 0. The van der Waals surface area contributed by atoms with Crippen LogP contribution in [-0.2, 0) is 6.42 Å². The smallest absolute Gasteiger partial charge is 0.370 e. The number of aryl methyl sites for hydroxylation is 1. The molecule has 1 N–H and O–H groups in total. The molecule has 0 spiro atoms. The Kier molecular flexibility index (Phi) is 10.7. The highest BCUT2D eigenvalue weighted by molar-refractivity contribution is 9.10. The van der Waals surface area contributed by atoms with Crippen LogP contribution in [0.3, 0.4) is 0 Å². The molecule has 28 heavy (non-hydrogen) atoms. The van der Waals surface area contributed by atoms with E-state index in [1.165, 1.54) is 0 Å². The van der Waals surface area contributed by atoms with E-state index in [2.05, 4.69) is 22.9 Å². The highest BCUT2D eigenvalue weighted by Crippen LogP contribution is 2.18. The molecule has 0 bridgehead atoms. The number of amides is 2. The van der Waals surface area contributed by atoms with Crippen LogP contribution in [0.4, 0.5) is 0 Å². The summed E-state index contributed by atoms with van der Waals surface area (Å²) in [6.45, 7) is 7.65. The number of rotatable bonds is 3. The molecule has 1 unspecified atom stereocenters. The fourth-order valence-electron chi connectivity index (χ4n) is 2.59. The lowest BCUT2D eigenvalue weighted by atomic mass is 10.0. The average Bonchev–Trinajstić information content (AvgIpc) is 2.60. The van der Waals surface area contributed by atoms with Gasteiger partial charge in [0.05, 0.1) is 22.9 Å². The summed E-state index contributed by atoms with van der Waals surface area (Å²) >= 11 is 9.76. The van der Waals surface area contributed by atoms with Crippen LogP contribution >= 0.6 is 40.1 Å². The van der Waals surface area contributed by atoms with Crippen molar-refractivity contribution in [3.8, 4) is 0 Å². The first-order valence-electron chi connectivity index (χ1n) is 8.42. The van der Waals surface area contributed by atoms with Gasteiger partial charge in [-0.3, -0.25) is 4.79 Å². The Hall–Kier alpha value is -1.11. The summed E-state index contributed by atoms with van der Waals surface area (Å²) in [5.41, 5.74) is 1.45. The molecule has 0 saturated carbocycles. The van der Waals surface area contributed by atoms with Gasteiger partial charge < -0.3 is 12.4 Å². The molecule has 1 atom stereocenters. The predicted molar refractivity (Wildman–Crippen MR) is 114 cm³/mol. The van der Waals surface area contributed by atoms with Crippen LogP contribution in [0.1, 0.15) is 54.0 Å². The molecule has 4 nitrogen and oxygen atoms in total. The average molecular weight is 511 g/mol. The Balaban J connectivity index is 0.00000364. The lowest BCUT2D eigenvalue weighted by molar-refractivity contribution is -0.951. The van der Waals surface area contributed by atoms with E-state index < -0.39 is 11.4 Å². The van der Waals surface area contributed by atoms with Crippen molar-refractivity contribution in [3.05, 3.63) is 69.7 Å². The van der Waals surface area contributed by atoms with Crippen molar-refractivity contribution in [1.29, 1.82) is 0 Å². The minimum atomic E-state index is -0.612. The third-order valence-electron chi connectivity index (χ3n) is 4.03. The molecule has 2 aromatic rings. The number of benzene rings is 2. The van der Waals surface area contributed by atoms with Crippen molar-refractivity contribution in [2.24, 2.45) is 0 Å². The summed E-state index contributed by atoms with van der Waals surface area (Å²) in [4.78, 5) is 26.0. The van der Waals surface area contributed by atoms with E-state index >= 15 is 0 Å². The molecule has 2 amide bonds. The van der Waals surface area contributed by atoms with E-state index in [4.69, 9.17) is 11.8 Å². The van der Waals surface area contributed by atoms with Crippen LogP contribution in [-0.4, -0.2) is 21.9 Å². The highest BCUT2D eigenvalue weighted by atomic mass is 79.9. The largest absolute Gasteiger partial charge is 1.00 e. The Labute approximate surface area is 192 Å². The van der Waals surface area contributed by atoms with Crippen LogP contribution in [0.15, 0.2) is 53.0 Å². The van der Waals surface area contributed by atoms with Gasteiger partial charge in [0.15, 0.2) is 0 Å². The van der Waals surface area contributed by atoms with Gasteiger partial charge >= 0.3 is 11.8 Å². The Morgan fingerprint density at radius 3 is 2.07 bits per heavy atom. The van der Waals surface area contributed by atoms with Crippen LogP contribution in [0, 0.1) is 0 Å². The number of nitrogens with zero attached hydrogens (tertiary/aromatic N) is 1. The van der Waals surface area contributed by atoms with Crippen LogP contribution in [0.25, 0.3) is 0 Å². The maximum atomic E-state index is 13.1. The maximum absolute atomic E-state index is 13.1. The number of carbonyl (C=O) groups excluding carboxylic acids is 2. The normalized spacial score (nSPS) is 11.6. The number of halogens is 4. The van der Waals surface area contributed by atoms with Crippen molar-refractivity contribution in [2.75, 3.05) is 0 Å². The molecule has 0 aliphatic rings. The summed E-state index contributed by atoms with van der Waals surface area (Å²) < 4.78 is 1.58. The molecule has 8 heteroatoms. The third-order valence-corrected chi connectivity index (χ3v) is 5.04. The molecule has 2 rings (SSSR count). The van der Waals surface area contributed by atoms with Crippen LogP contribution in [0.5, 0.6) is 0 Å². The summed E-state index contributed by atoms with van der Waals surface area (Å²) in [5, 5.41) is 0.240. The highest BCUT2D eigenvalue weighted by Gasteiger charge is 2.42. The second kappa shape index (κ2) is 11.2. The van der Waals surface area contributed by atoms with Gasteiger partial charge in [-0.15, -0.1) is 17.4 Å². The first kappa shape index (κ1) is 26.9. The molecule has 0 aliphatic heterocycles. The monoisotopic (exact) mass is 508 g/mol. The van der Waals surface area contributed by atoms with E-state index in [0.717, 1.165) is 16.5 Å². The molecular formula is C20H24BrCl3N2O2. The SMILES string of the molecule is CCc1ccc(C(=O)[NH+](N(Cl)C(=O)c2ccccc2Br)C(C)(C)C)cc1.Cl.[Cl-]. The van der Waals surface area contributed by atoms with Crippen molar-refractivity contribution in [2.45, 2.75) is 39.7 Å². The topological polar surface area (TPSA) is 41.8 Å². The standard InChI is InChI=1S/C20H22BrClN2O2.2ClH/c1-5-14-10-12-15(13-11-14)18(25)23(20(2,3)4)24(22)19(26)16-8-6-7-9-17(16)21;;/h6-13H,5H2,1-4H3;2*1H. The number of hydrogen-bond acceptors (Lipinski definition) is 2. The molecule has 0 aromatic heterocycles. The lowest BCUT2D eigenvalue weighted by Crippen LogP contribution is -3.25. The fourth-order valence-corrected chi connectivity index (χ4v) is 3.47. The summed E-state index contributed by atoms with van der Waals surface area (Å²) in [5.74, 6) is -0.696. The summed E-state index contributed by atoms with van der Waals surface area (Å²) in [6.07, 6.45) is 0.895. The zero-order chi connectivity index (χ0) is 19.5. The Morgan fingerprint density at radius 2 is 1.61 bits per heavy atom. The lowest BCUT2D eigenvalue weighted by Gasteiger charge is -2.33. The van der Waals surface area contributed by atoms with Gasteiger partial charge in [-0.05, 0) is 73.0 Å². The molecule has 2 aromatic carbocycles. The second-order valence-electron chi connectivity index (χ2n) is 7.04. The third kappa shape index (κ3) is 6.19. The van der Waals surface area contributed by atoms with Crippen molar-refractivity contribution in [3.63, 3.8) is 0 Å². The zero-order valence-electron chi connectivity index (χ0n) is 16.1. The van der Waals surface area contributed by atoms with Crippen LogP contribution < -0.4 is 17.4 Å². The first-order chi connectivity index (χ1) is 12.2. The van der Waals surface area contributed by atoms with Gasteiger partial charge in [0.2, 0.25) is 0 Å². The molecule has 0 radical (unpaired) electrons. The van der Waals surface area contributed by atoms with E-state index in [1.54, 1.807) is 30.3 Å². The van der Waals surface area contributed by atoms with Gasteiger partial charge in [-0.25, -0.2) is 4.79 Å². The van der Waals surface area contributed by atoms with E-state index in [1.807, 2.05) is 39.0 Å². The summed E-state index contributed by atoms with van der Waals surface area (Å²) in [7, 11) is 0. The Bertz CT molecular complexity index is 808. The van der Waals surface area contributed by atoms with E-state index in [-0.39, 0.29) is 35.7 Å². The van der Waals surface area contributed by atoms with E-state index in [0.29, 0.717) is 15.6 Å². The molecule has 0 aliphatic carbocycles. The quantitative estimate of drug-likeness (QED) is 0.502. The number of nitrogens with one attached hydrogen (secondary N) is 1. The molecular weight excluding hydrogens is 486 g/mol. The molecule has 154 valence electrons. The van der Waals surface area contributed by atoms with Crippen molar-refractivity contribution in [1.82, 2.24) is 4.53 Å². The zero-order valence-corrected chi connectivity index (χ0v) is 20.0. The fraction of sp³-hybridized carbons (Fsp3) is 0.300. The summed E-state index contributed by atoms with van der Waals surface area (Å²) in [6, 6.07) is 14.4. The van der Waals surface area contributed by atoms with Crippen LogP contribution in [0.2, 0.25) is 0 Å². The number of carbonyl (C=O) groups is 2. The Morgan fingerprint density at radius 1 is 1.07 bits per heavy atom. The van der Waals surface area contributed by atoms with Gasteiger partial charge in [-0.2, -0.15) is 0 Å².